The zero-order valence-electron chi connectivity index (χ0n) is 25.3. The molecule has 1 saturated heterocycles. The van der Waals surface area contributed by atoms with Gasteiger partial charge in [-0.15, -0.1) is 0 Å². The minimum atomic E-state index is -1.04. The van der Waals surface area contributed by atoms with Crippen molar-refractivity contribution in [1.82, 2.24) is 10.3 Å². The minimum absolute atomic E-state index is 0.114. The van der Waals surface area contributed by atoms with Gasteiger partial charge in [-0.2, -0.15) is 0 Å². The summed E-state index contributed by atoms with van der Waals surface area (Å²) in [5, 5.41) is 5.17. The number of aryl methyl sites for hydroxylation is 1. The molecule has 0 spiro atoms. The number of aliphatic imine (C=N–C) groups is 1. The lowest BCUT2D eigenvalue weighted by atomic mass is 9.82. The van der Waals surface area contributed by atoms with Crippen LogP contribution in [-0.2, 0) is 6.54 Å². The highest BCUT2D eigenvalue weighted by Gasteiger charge is 2.39. The fraction of sp³-hybridized carbons (Fsp3) is 0.636. The summed E-state index contributed by atoms with van der Waals surface area (Å²) in [7, 11) is 0. The lowest BCUT2D eigenvalue weighted by Crippen LogP contribution is -2.34. The van der Waals surface area contributed by atoms with Crippen molar-refractivity contribution < 1.29 is 9.13 Å². The van der Waals surface area contributed by atoms with Gasteiger partial charge in [-0.3, -0.25) is 4.99 Å². The number of alkyl halides is 1. The maximum absolute atomic E-state index is 14.6. The van der Waals surface area contributed by atoms with Crippen LogP contribution in [0.5, 0.6) is 5.88 Å². The van der Waals surface area contributed by atoms with E-state index in [1.54, 1.807) is 6.20 Å². The zero-order chi connectivity index (χ0) is 28.7. The van der Waals surface area contributed by atoms with Crippen molar-refractivity contribution in [3.05, 3.63) is 47.3 Å². The summed E-state index contributed by atoms with van der Waals surface area (Å²) in [5.74, 6) is 3.40. The topological polar surface area (TPSA) is 72.5 Å². The van der Waals surface area contributed by atoms with Gasteiger partial charge >= 0.3 is 0 Å². The summed E-state index contributed by atoms with van der Waals surface area (Å²) < 4.78 is 20.7. The first-order chi connectivity index (χ1) is 18.7. The monoisotopic (exact) mass is 538 g/mol. The second-order valence-electron chi connectivity index (χ2n) is 11.9. The fourth-order valence-electron chi connectivity index (χ4n) is 6.03. The molecule has 3 unspecified atom stereocenters. The van der Waals surface area contributed by atoms with Gasteiger partial charge < -0.3 is 15.8 Å². The Labute approximate surface area is 235 Å². The van der Waals surface area contributed by atoms with Crippen LogP contribution in [0.4, 0.5) is 4.39 Å². The number of fused-ring (bicyclic) bond motifs is 2. The van der Waals surface area contributed by atoms with Crippen molar-refractivity contribution in [3.8, 4) is 5.88 Å². The molecule has 39 heavy (non-hydrogen) atoms. The van der Waals surface area contributed by atoms with Crippen molar-refractivity contribution in [3.63, 3.8) is 0 Å². The number of halogens is 1. The van der Waals surface area contributed by atoms with E-state index in [9.17, 15) is 4.39 Å². The van der Waals surface area contributed by atoms with Gasteiger partial charge in [-0.25, -0.2) is 9.37 Å². The average molecular weight is 539 g/mol. The summed E-state index contributed by atoms with van der Waals surface area (Å²) in [5.41, 5.74) is 9.57. The zero-order valence-corrected chi connectivity index (χ0v) is 25.3. The molecule has 216 valence electrons. The molecule has 3 heterocycles. The van der Waals surface area contributed by atoms with Crippen LogP contribution in [0.25, 0.3) is 10.8 Å². The molecule has 6 heteroatoms. The number of amidine groups is 1. The number of nitrogens with one attached hydrogen (secondary N) is 1. The molecule has 0 amide bonds. The first kappa shape index (κ1) is 30.9. The Balaban J connectivity index is 0.000000322. The predicted octanol–water partition coefficient (Wildman–Crippen LogP) is 7.88. The van der Waals surface area contributed by atoms with Crippen LogP contribution < -0.4 is 15.8 Å². The van der Waals surface area contributed by atoms with E-state index in [0.717, 1.165) is 45.7 Å². The van der Waals surface area contributed by atoms with E-state index in [2.05, 4.69) is 61.7 Å². The maximum Gasteiger partial charge on any atom is 0.221 e. The number of nitrogens with zero attached hydrogens (tertiary/aromatic N) is 2. The number of rotatable bonds is 6. The molecule has 3 atom stereocenters. The maximum atomic E-state index is 14.6. The van der Waals surface area contributed by atoms with Crippen LogP contribution in [0.3, 0.4) is 0 Å². The van der Waals surface area contributed by atoms with Crippen LogP contribution in [0.2, 0.25) is 0 Å². The van der Waals surface area contributed by atoms with Crippen molar-refractivity contribution >= 4 is 16.6 Å². The van der Waals surface area contributed by atoms with Gasteiger partial charge in [-0.1, -0.05) is 80.2 Å². The number of hydrogen-bond acceptors (Lipinski definition) is 5. The lowest BCUT2D eigenvalue weighted by Gasteiger charge is -2.24. The standard InChI is InChI=1S/C22H27FN4O.C9H18.C2H6/c1-11(2)5-18-19(27-13(4)20(18)23)10-28-22-17-6-14-9-25-21(24)16(14)7-15(17)12(3)8-26-22;1-8(2)9-6-4-3-5-7-9;1-2/h6-8,11,18-20,27H,4-5,9-10H2,1-3H3,(H2,24,25);8-9H,3-7H2,1-2H3;1-2H3. The van der Waals surface area contributed by atoms with E-state index in [-0.39, 0.29) is 12.0 Å². The minimum Gasteiger partial charge on any atom is -0.475 e. The first-order valence-corrected chi connectivity index (χ1v) is 15.1. The molecule has 2 aliphatic heterocycles. The molecule has 0 radical (unpaired) electrons. The molecule has 3 aliphatic rings. The molecular formula is C33H51FN4O. The molecule has 1 aliphatic carbocycles. The Morgan fingerprint density at radius 1 is 1.10 bits per heavy atom. The molecule has 2 aromatic rings. The second kappa shape index (κ2) is 14.1. The highest BCUT2D eigenvalue weighted by atomic mass is 19.1. The van der Waals surface area contributed by atoms with E-state index >= 15 is 0 Å². The normalized spacial score (nSPS) is 22.6. The summed E-state index contributed by atoms with van der Waals surface area (Å²) in [6.07, 6.45) is 9.01. The van der Waals surface area contributed by atoms with Gasteiger partial charge in [0, 0.05) is 28.8 Å². The van der Waals surface area contributed by atoms with Crippen LogP contribution in [0.1, 0.15) is 96.8 Å². The Kier molecular flexibility index (Phi) is 11.2. The van der Waals surface area contributed by atoms with Gasteiger partial charge in [0.25, 0.3) is 0 Å². The molecule has 1 saturated carbocycles. The number of allylic oxidation sites excluding steroid dienone is 1. The summed E-state index contributed by atoms with van der Waals surface area (Å²) in [4.78, 5) is 8.82. The van der Waals surface area contributed by atoms with E-state index in [1.165, 1.54) is 32.1 Å². The fourth-order valence-corrected chi connectivity index (χ4v) is 6.03. The molecule has 1 aromatic carbocycles. The van der Waals surface area contributed by atoms with Gasteiger partial charge in [0.1, 0.15) is 18.6 Å². The molecule has 5 rings (SSSR count). The van der Waals surface area contributed by atoms with Crippen LogP contribution >= 0.6 is 0 Å². The summed E-state index contributed by atoms with van der Waals surface area (Å²) in [6.45, 7) is 19.7. The predicted molar refractivity (Wildman–Crippen MR) is 163 cm³/mol. The summed E-state index contributed by atoms with van der Waals surface area (Å²) >= 11 is 0. The summed E-state index contributed by atoms with van der Waals surface area (Å²) in [6, 6.07) is 4.01. The highest BCUT2D eigenvalue weighted by molar-refractivity contribution is 6.05. The lowest BCUT2D eigenvalue weighted by molar-refractivity contribution is 0.189. The number of hydrogen-bond donors (Lipinski definition) is 2. The third-order valence-electron chi connectivity index (χ3n) is 8.30. The van der Waals surface area contributed by atoms with Gasteiger partial charge in [-0.05, 0) is 59.7 Å². The van der Waals surface area contributed by atoms with Crippen molar-refractivity contribution in [2.24, 2.45) is 34.4 Å². The Morgan fingerprint density at radius 2 is 1.79 bits per heavy atom. The molecule has 2 fully saturated rings. The van der Waals surface area contributed by atoms with Gasteiger partial charge in [0.15, 0.2) is 0 Å². The third-order valence-corrected chi connectivity index (χ3v) is 8.30. The number of nitrogens with two attached hydrogens (primary N) is 1. The van der Waals surface area contributed by atoms with Crippen LogP contribution in [0.15, 0.2) is 35.6 Å². The molecule has 5 nitrogen and oxygen atoms in total. The van der Waals surface area contributed by atoms with Crippen molar-refractivity contribution in [2.45, 2.75) is 106 Å². The number of pyridine rings is 1. The Hall–Kier alpha value is -2.63. The van der Waals surface area contributed by atoms with Crippen molar-refractivity contribution in [2.75, 3.05) is 6.61 Å². The van der Waals surface area contributed by atoms with Crippen molar-refractivity contribution in [1.29, 1.82) is 0 Å². The molecular weight excluding hydrogens is 487 g/mol. The third kappa shape index (κ3) is 7.52. The van der Waals surface area contributed by atoms with E-state index in [1.807, 2.05) is 20.8 Å². The average Bonchev–Trinajstić information content (AvgIpc) is 3.43. The van der Waals surface area contributed by atoms with Gasteiger partial charge in [0.2, 0.25) is 5.88 Å². The first-order valence-electron chi connectivity index (χ1n) is 15.1. The number of aromatic nitrogens is 1. The Bertz CT molecular complexity index is 1140. The smallest absolute Gasteiger partial charge is 0.221 e. The van der Waals surface area contributed by atoms with Crippen LogP contribution in [0, 0.1) is 30.6 Å². The second-order valence-corrected chi connectivity index (χ2v) is 11.9. The quantitative estimate of drug-likeness (QED) is 0.392. The van der Waals surface area contributed by atoms with E-state index in [0.29, 0.717) is 36.5 Å². The van der Waals surface area contributed by atoms with E-state index in [4.69, 9.17) is 10.5 Å². The van der Waals surface area contributed by atoms with Crippen LogP contribution in [-0.4, -0.2) is 29.6 Å². The molecule has 1 aromatic heterocycles. The van der Waals surface area contributed by atoms with E-state index < -0.39 is 6.17 Å². The molecule has 3 N–H and O–H groups in total. The Morgan fingerprint density at radius 3 is 2.41 bits per heavy atom. The molecule has 0 bridgehead atoms. The number of benzene rings is 1. The van der Waals surface area contributed by atoms with Gasteiger partial charge in [0.05, 0.1) is 12.6 Å². The number of ether oxygens (including phenoxy) is 1. The largest absolute Gasteiger partial charge is 0.475 e. The highest BCUT2D eigenvalue weighted by Crippen LogP contribution is 2.34. The SMILES string of the molecule is C=C1NC(COc2ncc(C)c3cc4c(cc23)CN=C4N)C(CC(C)C)C1F.CC.CC(C)C1CCCCC1.